The summed E-state index contributed by atoms with van der Waals surface area (Å²) in [7, 11) is 0. The van der Waals surface area contributed by atoms with Gasteiger partial charge in [-0.3, -0.25) is 9.69 Å². The minimum Gasteiger partial charge on any atom is -0.379 e. The molecule has 0 saturated carbocycles. The lowest BCUT2D eigenvalue weighted by Crippen LogP contribution is -2.44. The lowest BCUT2D eigenvalue weighted by atomic mass is 10.0. The zero-order valence-corrected chi connectivity index (χ0v) is 14.1. The molecule has 3 rings (SSSR count). The van der Waals surface area contributed by atoms with Gasteiger partial charge in [-0.25, -0.2) is 13.2 Å². The predicted molar refractivity (Wildman–Crippen MR) is 90.2 cm³/mol. The number of hydrogen-bond donors (Lipinski definition) is 1. The monoisotopic (exact) mass is 364 g/mol. The molecule has 1 aliphatic rings. The van der Waals surface area contributed by atoms with Crippen LogP contribution < -0.4 is 5.32 Å². The van der Waals surface area contributed by atoms with Crippen LogP contribution in [0.25, 0.3) is 0 Å². The molecule has 0 aliphatic carbocycles. The number of rotatable bonds is 5. The van der Waals surface area contributed by atoms with Gasteiger partial charge in [0.2, 0.25) is 0 Å². The van der Waals surface area contributed by atoms with Crippen molar-refractivity contribution in [3.05, 3.63) is 71.0 Å². The van der Waals surface area contributed by atoms with Gasteiger partial charge in [0, 0.05) is 19.6 Å². The third-order valence-corrected chi connectivity index (χ3v) is 4.35. The normalized spacial score (nSPS) is 16.3. The van der Waals surface area contributed by atoms with E-state index in [9.17, 15) is 18.0 Å². The van der Waals surface area contributed by atoms with Gasteiger partial charge in [-0.05, 0) is 35.9 Å². The predicted octanol–water partition coefficient (Wildman–Crippen LogP) is 2.91. The summed E-state index contributed by atoms with van der Waals surface area (Å²) < 4.78 is 46.0. The molecule has 0 bridgehead atoms. The van der Waals surface area contributed by atoms with E-state index in [2.05, 4.69) is 10.2 Å². The molecule has 1 amide bonds. The Kier molecular flexibility index (Phi) is 5.90. The number of nitrogens with one attached hydrogen (secondary N) is 1. The summed E-state index contributed by atoms with van der Waals surface area (Å²) >= 11 is 0. The van der Waals surface area contributed by atoms with Gasteiger partial charge < -0.3 is 10.1 Å². The highest BCUT2D eigenvalue weighted by Crippen LogP contribution is 2.22. The maximum Gasteiger partial charge on any atom is 0.254 e. The third-order valence-electron chi connectivity index (χ3n) is 4.35. The van der Waals surface area contributed by atoms with Gasteiger partial charge in [-0.2, -0.15) is 0 Å². The van der Waals surface area contributed by atoms with Gasteiger partial charge in [0.05, 0.1) is 24.8 Å². The lowest BCUT2D eigenvalue weighted by Gasteiger charge is -2.35. The number of ether oxygens (including phenoxy) is 1. The third kappa shape index (κ3) is 4.42. The Morgan fingerprint density at radius 1 is 1.08 bits per heavy atom. The number of nitrogens with zero attached hydrogens (tertiary/aromatic N) is 1. The molecule has 7 heteroatoms. The molecule has 2 aromatic rings. The van der Waals surface area contributed by atoms with E-state index in [1.165, 1.54) is 12.1 Å². The lowest BCUT2D eigenvalue weighted by molar-refractivity contribution is 0.0161. The van der Waals surface area contributed by atoms with E-state index >= 15 is 0 Å². The molecule has 138 valence electrons. The molecule has 1 N–H and O–H groups in total. The molecule has 4 nitrogen and oxygen atoms in total. The zero-order valence-electron chi connectivity index (χ0n) is 14.1. The first-order chi connectivity index (χ1) is 12.5. The smallest absolute Gasteiger partial charge is 0.254 e. The van der Waals surface area contributed by atoms with Crippen LogP contribution in [0.15, 0.2) is 42.5 Å². The Morgan fingerprint density at radius 2 is 1.81 bits per heavy atom. The Morgan fingerprint density at radius 3 is 2.54 bits per heavy atom. The van der Waals surface area contributed by atoms with E-state index < -0.39 is 17.5 Å². The molecule has 1 saturated heterocycles. The van der Waals surface area contributed by atoms with Crippen molar-refractivity contribution in [2.24, 2.45) is 0 Å². The summed E-state index contributed by atoms with van der Waals surface area (Å²) in [6.07, 6.45) is 0. The largest absolute Gasteiger partial charge is 0.379 e. The fraction of sp³-hybridized carbons (Fsp3) is 0.316. The van der Waals surface area contributed by atoms with Crippen LogP contribution in [0.1, 0.15) is 22.0 Å². The Bertz CT molecular complexity index is 779. The molecule has 1 unspecified atom stereocenters. The molecule has 2 aromatic carbocycles. The maximum atomic E-state index is 13.8. The maximum absolute atomic E-state index is 13.8. The van der Waals surface area contributed by atoms with Crippen molar-refractivity contribution in [2.45, 2.75) is 6.04 Å². The summed E-state index contributed by atoms with van der Waals surface area (Å²) in [5, 5.41) is 2.63. The van der Waals surface area contributed by atoms with Crippen molar-refractivity contribution in [2.75, 3.05) is 32.8 Å². The molecule has 1 heterocycles. The highest BCUT2D eigenvalue weighted by molar-refractivity contribution is 5.94. The van der Waals surface area contributed by atoms with Crippen molar-refractivity contribution in [1.82, 2.24) is 10.2 Å². The van der Waals surface area contributed by atoms with Crippen molar-refractivity contribution in [3.8, 4) is 0 Å². The Labute approximate surface area is 149 Å². The summed E-state index contributed by atoms with van der Waals surface area (Å²) in [6.45, 7) is 2.48. The minimum atomic E-state index is -0.794. The number of morpholine rings is 1. The van der Waals surface area contributed by atoms with E-state index in [4.69, 9.17) is 4.74 Å². The Hall–Kier alpha value is -2.38. The fourth-order valence-corrected chi connectivity index (χ4v) is 3.02. The summed E-state index contributed by atoms with van der Waals surface area (Å²) in [4.78, 5) is 14.3. The van der Waals surface area contributed by atoms with Gasteiger partial charge in [0.1, 0.15) is 17.5 Å². The van der Waals surface area contributed by atoms with E-state index in [-0.39, 0.29) is 24.0 Å². The molecule has 0 spiro atoms. The average Bonchev–Trinajstić information content (AvgIpc) is 2.65. The highest BCUT2D eigenvalue weighted by atomic mass is 19.1. The van der Waals surface area contributed by atoms with E-state index in [0.29, 0.717) is 31.9 Å². The first-order valence-electron chi connectivity index (χ1n) is 8.35. The van der Waals surface area contributed by atoms with Crippen molar-refractivity contribution in [1.29, 1.82) is 0 Å². The fourth-order valence-electron chi connectivity index (χ4n) is 3.02. The molecule has 1 aliphatic heterocycles. The van der Waals surface area contributed by atoms with Gasteiger partial charge in [0.25, 0.3) is 5.91 Å². The second-order valence-electron chi connectivity index (χ2n) is 6.05. The van der Waals surface area contributed by atoms with Crippen molar-refractivity contribution in [3.63, 3.8) is 0 Å². The van der Waals surface area contributed by atoms with Crippen LogP contribution in [0, 0.1) is 17.5 Å². The zero-order chi connectivity index (χ0) is 18.5. The van der Waals surface area contributed by atoms with Gasteiger partial charge >= 0.3 is 0 Å². The number of carbonyl (C=O) groups excluding carboxylic acids is 1. The summed E-state index contributed by atoms with van der Waals surface area (Å²) in [5.41, 5.74) is 0.344. The van der Waals surface area contributed by atoms with E-state index in [1.54, 1.807) is 12.1 Å². The van der Waals surface area contributed by atoms with E-state index in [1.807, 2.05) is 0 Å². The molecule has 26 heavy (non-hydrogen) atoms. The highest BCUT2D eigenvalue weighted by Gasteiger charge is 2.24. The molecular weight excluding hydrogens is 345 g/mol. The summed E-state index contributed by atoms with van der Waals surface area (Å²) in [6, 6.07) is 8.57. The standard InChI is InChI=1S/C19H19F3N2O2/c20-14-3-1-2-13(10-14)18(24-6-8-26-9-7-24)12-23-19(25)16-11-15(21)4-5-17(16)22/h1-5,10-11,18H,6-9,12H2,(H,23,25). The first kappa shape index (κ1) is 18.4. The van der Waals surface area contributed by atoms with Crippen LogP contribution >= 0.6 is 0 Å². The SMILES string of the molecule is O=C(NCC(c1cccc(F)c1)N1CCOCC1)c1cc(F)ccc1F. The van der Waals surface area contributed by atoms with Crippen molar-refractivity contribution >= 4 is 5.91 Å². The van der Waals surface area contributed by atoms with Crippen molar-refractivity contribution < 1.29 is 22.7 Å². The molecule has 1 atom stereocenters. The Balaban J connectivity index is 1.77. The van der Waals surface area contributed by atoms with Crippen LogP contribution in [0.4, 0.5) is 13.2 Å². The van der Waals surface area contributed by atoms with Crippen LogP contribution in [0.3, 0.4) is 0 Å². The van der Waals surface area contributed by atoms with Crippen LogP contribution in [-0.2, 0) is 4.74 Å². The molecule has 0 radical (unpaired) electrons. The average molecular weight is 364 g/mol. The number of amides is 1. The minimum absolute atomic E-state index is 0.137. The second-order valence-corrected chi connectivity index (χ2v) is 6.05. The van der Waals surface area contributed by atoms with Crippen LogP contribution in [0.2, 0.25) is 0 Å². The topological polar surface area (TPSA) is 41.6 Å². The number of hydrogen-bond acceptors (Lipinski definition) is 3. The first-order valence-corrected chi connectivity index (χ1v) is 8.35. The van der Waals surface area contributed by atoms with Gasteiger partial charge in [0.15, 0.2) is 0 Å². The number of benzene rings is 2. The molecular formula is C19H19F3N2O2. The molecule has 0 aromatic heterocycles. The number of carbonyl (C=O) groups is 1. The van der Waals surface area contributed by atoms with Gasteiger partial charge in [-0.15, -0.1) is 0 Å². The quantitative estimate of drug-likeness (QED) is 0.887. The molecule has 1 fully saturated rings. The summed E-state index contributed by atoms with van der Waals surface area (Å²) in [5.74, 6) is -2.57. The van der Waals surface area contributed by atoms with Crippen LogP contribution in [0.5, 0.6) is 0 Å². The van der Waals surface area contributed by atoms with Gasteiger partial charge in [-0.1, -0.05) is 12.1 Å². The second kappa shape index (κ2) is 8.33. The van der Waals surface area contributed by atoms with E-state index in [0.717, 1.165) is 18.2 Å². The van der Waals surface area contributed by atoms with Crippen LogP contribution in [-0.4, -0.2) is 43.7 Å². The number of halogens is 3.